The Labute approximate surface area is 153 Å². The van der Waals surface area contributed by atoms with E-state index in [-0.39, 0.29) is 11.7 Å². The third-order valence-electron chi connectivity index (χ3n) is 3.55. The molecular weight excluding hydrogens is 384 g/mol. The summed E-state index contributed by atoms with van der Waals surface area (Å²) in [5.74, 6) is 1.11. The number of anilines is 2. The number of hydrogen-bond acceptors (Lipinski definition) is 4. The van der Waals surface area contributed by atoms with Crippen LogP contribution >= 0.6 is 15.9 Å². The van der Waals surface area contributed by atoms with E-state index in [4.69, 9.17) is 14.9 Å². The lowest BCUT2D eigenvalue weighted by atomic mass is 10.2. The van der Waals surface area contributed by atoms with E-state index >= 15 is 0 Å². The molecule has 6 heteroatoms. The molecule has 0 radical (unpaired) electrons. The fourth-order valence-electron chi connectivity index (χ4n) is 2.36. The van der Waals surface area contributed by atoms with Crippen LogP contribution in [0.25, 0.3) is 11.3 Å². The number of carbonyl (C=O) groups excluding carboxylic acids is 1. The lowest BCUT2D eigenvalue weighted by molar-refractivity contribution is 0.0997. The Morgan fingerprint density at radius 3 is 2.72 bits per heavy atom. The number of rotatable bonds is 5. The Kier molecular flexibility index (Phi) is 5.09. The fraction of sp³-hybridized carbons (Fsp3) is 0.105. The van der Waals surface area contributed by atoms with Crippen molar-refractivity contribution in [3.8, 4) is 17.1 Å². The van der Waals surface area contributed by atoms with Gasteiger partial charge < -0.3 is 20.2 Å². The molecular formula is C19H17BrN2O3. The van der Waals surface area contributed by atoms with E-state index in [0.29, 0.717) is 29.5 Å². The lowest BCUT2D eigenvalue weighted by Crippen LogP contribution is -2.12. The summed E-state index contributed by atoms with van der Waals surface area (Å²) in [4.78, 5) is 12.4. The van der Waals surface area contributed by atoms with E-state index in [0.717, 1.165) is 10.0 Å². The number of nitrogens with two attached hydrogens (primary N) is 1. The summed E-state index contributed by atoms with van der Waals surface area (Å²) in [5, 5.41) is 2.75. The average Bonchev–Trinajstić information content (AvgIpc) is 3.08. The van der Waals surface area contributed by atoms with Crippen molar-refractivity contribution in [1.82, 2.24) is 0 Å². The Morgan fingerprint density at radius 2 is 2.00 bits per heavy atom. The summed E-state index contributed by atoms with van der Waals surface area (Å²) in [6.07, 6.45) is 0. The maximum atomic E-state index is 12.4. The number of furan rings is 1. The molecule has 1 aromatic heterocycles. The van der Waals surface area contributed by atoms with Crippen LogP contribution in [0.3, 0.4) is 0 Å². The first-order valence-corrected chi connectivity index (χ1v) is 8.56. The lowest BCUT2D eigenvalue weighted by Gasteiger charge is -2.09. The van der Waals surface area contributed by atoms with Gasteiger partial charge in [-0.2, -0.15) is 0 Å². The fourth-order valence-corrected chi connectivity index (χ4v) is 2.84. The first-order valence-electron chi connectivity index (χ1n) is 7.77. The van der Waals surface area contributed by atoms with Crippen LogP contribution in [-0.4, -0.2) is 12.5 Å². The van der Waals surface area contributed by atoms with Gasteiger partial charge in [0.05, 0.1) is 18.0 Å². The number of nitrogen functional groups attached to an aromatic ring is 1. The van der Waals surface area contributed by atoms with E-state index in [1.54, 1.807) is 30.3 Å². The zero-order valence-electron chi connectivity index (χ0n) is 13.6. The quantitative estimate of drug-likeness (QED) is 0.594. The molecule has 3 rings (SSSR count). The van der Waals surface area contributed by atoms with Crippen LogP contribution < -0.4 is 15.8 Å². The average molecular weight is 401 g/mol. The standard InChI is InChI=1S/C19H17BrN2O3/c1-2-24-12-7-8-16(15(21)11-12)22-19(23)18-10-9-17(25-18)13-5-3-4-6-14(13)20/h3-11H,2,21H2,1H3,(H,22,23). The van der Waals surface area contributed by atoms with Crippen LogP contribution in [-0.2, 0) is 0 Å². The third kappa shape index (κ3) is 3.85. The minimum atomic E-state index is -0.367. The molecule has 0 saturated heterocycles. The number of nitrogens with one attached hydrogen (secondary N) is 1. The summed E-state index contributed by atoms with van der Waals surface area (Å²) < 4.78 is 12.0. The molecule has 0 aliphatic heterocycles. The zero-order valence-corrected chi connectivity index (χ0v) is 15.2. The molecule has 0 atom stereocenters. The van der Waals surface area contributed by atoms with Gasteiger partial charge >= 0.3 is 0 Å². The van der Waals surface area contributed by atoms with Gasteiger partial charge in [0.25, 0.3) is 5.91 Å². The molecule has 0 saturated carbocycles. The Morgan fingerprint density at radius 1 is 1.20 bits per heavy atom. The van der Waals surface area contributed by atoms with E-state index in [1.807, 2.05) is 31.2 Å². The number of amides is 1. The molecule has 0 aliphatic rings. The summed E-state index contributed by atoms with van der Waals surface area (Å²) in [5.41, 5.74) is 7.77. The van der Waals surface area contributed by atoms with Crippen molar-refractivity contribution in [2.24, 2.45) is 0 Å². The van der Waals surface area contributed by atoms with Crippen LogP contribution in [0.5, 0.6) is 5.75 Å². The minimum Gasteiger partial charge on any atom is -0.494 e. The van der Waals surface area contributed by atoms with Gasteiger partial charge in [-0.3, -0.25) is 4.79 Å². The highest BCUT2D eigenvalue weighted by molar-refractivity contribution is 9.10. The first kappa shape index (κ1) is 17.1. The molecule has 5 nitrogen and oxygen atoms in total. The van der Waals surface area contributed by atoms with Crippen molar-refractivity contribution in [2.45, 2.75) is 6.92 Å². The van der Waals surface area contributed by atoms with Crippen molar-refractivity contribution in [1.29, 1.82) is 0 Å². The maximum absolute atomic E-state index is 12.4. The Bertz CT molecular complexity index is 905. The summed E-state index contributed by atoms with van der Waals surface area (Å²) in [6, 6.07) is 16.2. The van der Waals surface area contributed by atoms with Crippen molar-refractivity contribution in [2.75, 3.05) is 17.7 Å². The van der Waals surface area contributed by atoms with Gasteiger partial charge in [-0.1, -0.05) is 34.1 Å². The van der Waals surface area contributed by atoms with Crippen molar-refractivity contribution in [3.63, 3.8) is 0 Å². The molecule has 0 bridgehead atoms. The van der Waals surface area contributed by atoms with Gasteiger partial charge in [-0.25, -0.2) is 0 Å². The second-order valence-corrected chi connectivity index (χ2v) is 6.13. The predicted octanol–water partition coefficient (Wildman–Crippen LogP) is 4.94. The van der Waals surface area contributed by atoms with Crippen molar-refractivity contribution >= 4 is 33.2 Å². The molecule has 3 aromatic rings. The SMILES string of the molecule is CCOc1ccc(NC(=O)c2ccc(-c3ccccc3Br)o2)c(N)c1. The van der Waals surface area contributed by atoms with Gasteiger partial charge in [-0.15, -0.1) is 0 Å². The van der Waals surface area contributed by atoms with Crippen LogP contribution in [0.4, 0.5) is 11.4 Å². The van der Waals surface area contributed by atoms with E-state index in [1.165, 1.54) is 0 Å². The van der Waals surface area contributed by atoms with Gasteiger partial charge in [0.2, 0.25) is 0 Å². The van der Waals surface area contributed by atoms with Crippen molar-refractivity contribution in [3.05, 3.63) is 64.8 Å². The highest BCUT2D eigenvalue weighted by Gasteiger charge is 2.15. The number of hydrogen-bond donors (Lipinski definition) is 2. The van der Waals surface area contributed by atoms with E-state index in [9.17, 15) is 4.79 Å². The van der Waals surface area contributed by atoms with Crippen LogP contribution in [0.15, 0.2) is 63.5 Å². The van der Waals surface area contributed by atoms with Crippen LogP contribution in [0.1, 0.15) is 17.5 Å². The van der Waals surface area contributed by atoms with Crippen LogP contribution in [0.2, 0.25) is 0 Å². The van der Waals surface area contributed by atoms with E-state index < -0.39 is 0 Å². The summed E-state index contributed by atoms with van der Waals surface area (Å²) >= 11 is 3.47. The highest BCUT2D eigenvalue weighted by atomic mass is 79.9. The molecule has 0 unspecified atom stereocenters. The smallest absolute Gasteiger partial charge is 0.291 e. The number of ether oxygens (including phenoxy) is 1. The Balaban J connectivity index is 1.77. The number of benzene rings is 2. The largest absolute Gasteiger partial charge is 0.494 e. The van der Waals surface area contributed by atoms with Gasteiger partial charge in [0.15, 0.2) is 5.76 Å². The molecule has 0 spiro atoms. The molecule has 1 heterocycles. The molecule has 25 heavy (non-hydrogen) atoms. The number of carbonyl (C=O) groups is 1. The summed E-state index contributed by atoms with van der Waals surface area (Å²) in [7, 11) is 0. The second-order valence-electron chi connectivity index (χ2n) is 5.28. The molecule has 3 N–H and O–H groups in total. The van der Waals surface area contributed by atoms with E-state index in [2.05, 4.69) is 21.2 Å². The highest BCUT2D eigenvalue weighted by Crippen LogP contribution is 2.30. The normalized spacial score (nSPS) is 10.5. The summed E-state index contributed by atoms with van der Waals surface area (Å²) in [6.45, 7) is 2.45. The zero-order chi connectivity index (χ0) is 17.8. The van der Waals surface area contributed by atoms with Crippen molar-refractivity contribution < 1.29 is 13.9 Å². The van der Waals surface area contributed by atoms with Gasteiger partial charge in [0, 0.05) is 16.1 Å². The maximum Gasteiger partial charge on any atom is 0.291 e. The number of halogens is 1. The second kappa shape index (κ2) is 7.44. The molecule has 0 aliphatic carbocycles. The molecule has 2 aromatic carbocycles. The first-order chi connectivity index (χ1) is 12.1. The third-order valence-corrected chi connectivity index (χ3v) is 4.24. The topological polar surface area (TPSA) is 77.5 Å². The molecule has 1 amide bonds. The monoisotopic (exact) mass is 400 g/mol. The Hall–Kier alpha value is -2.73. The molecule has 0 fully saturated rings. The molecule has 128 valence electrons. The minimum absolute atomic E-state index is 0.207. The predicted molar refractivity (Wildman–Crippen MR) is 102 cm³/mol. The van der Waals surface area contributed by atoms with Gasteiger partial charge in [0.1, 0.15) is 11.5 Å². The van der Waals surface area contributed by atoms with Gasteiger partial charge in [-0.05, 0) is 37.3 Å². The van der Waals surface area contributed by atoms with Crippen LogP contribution in [0, 0.1) is 0 Å².